The Morgan fingerprint density at radius 2 is 2.00 bits per heavy atom. The fourth-order valence-electron chi connectivity index (χ4n) is 1.08. The van der Waals surface area contributed by atoms with Gasteiger partial charge < -0.3 is 0 Å². The van der Waals surface area contributed by atoms with E-state index in [1.807, 2.05) is 6.07 Å². The molecule has 74 valence electrons. The van der Waals surface area contributed by atoms with E-state index in [4.69, 9.17) is 15.9 Å². The standard InChI is InChI=1S/C9H8ClNO2S/c10-14(12,13)6-5-8-3-1-2-4-9(8)7-11/h1-4H,5-6H2. The first-order chi connectivity index (χ1) is 6.53. The van der Waals surface area contributed by atoms with Crippen LogP contribution in [0.2, 0.25) is 0 Å². The van der Waals surface area contributed by atoms with Crippen LogP contribution in [0.3, 0.4) is 0 Å². The van der Waals surface area contributed by atoms with Crippen molar-refractivity contribution in [2.24, 2.45) is 0 Å². The summed E-state index contributed by atoms with van der Waals surface area (Å²) in [6.45, 7) is 0. The van der Waals surface area contributed by atoms with Crippen LogP contribution in [0.1, 0.15) is 11.1 Å². The van der Waals surface area contributed by atoms with Gasteiger partial charge in [0.1, 0.15) is 0 Å². The van der Waals surface area contributed by atoms with E-state index < -0.39 is 9.05 Å². The molecule has 0 radical (unpaired) electrons. The summed E-state index contributed by atoms with van der Waals surface area (Å²) >= 11 is 0. The maximum Gasteiger partial charge on any atom is 0.232 e. The molecule has 0 N–H and O–H groups in total. The normalized spacial score (nSPS) is 10.9. The van der Waals surface area contributed by atoms with Crippen molar-refractivity contribution in [3.05, 3.63) is 35.4 Å². The lowest BCUT2D eigenvalue weighted by Gasteiger charge is -2.00. The Kier molecular flexibility index (Phi) is 3.50. The van der Waals surface area contributed by atoms with Gasteiger partial charge in [-0.2, -0.15) is 5.26 Å². The van der Waals surface area contributed by atoms with Crippen molar-refractivity contribution in [3.63, 3.8) is 0 Å². The minimum Gasteiger partial charge on any atom is -0.212 e. The van der Waals surface area contributed by atoms with E-state index in [0.29, 0.717) is 11.1 Å². The second kappa shape index (κ2) is 4.45. The molecule has 0 aliphatic heterocycles. The van der Waals surface area contributed by atoms with Gasteiger partial charge in [-0.3, -0.25) is 0 Å². The minimum atomic E-state index is -3.48. The second-order valence-corrected chi connectivity index (χ2v) is 5.66. The van der Waals surface area contributed by atoms with Gasteiger partial charge in [-0.25, -0.2) is 8.42 Å². The van der Waals surface area contributed by atoms with Gasteiger partial charge in [0.25, 0.3) is 0 Å². The van der Waals surface area contributed by atoms with Gasteiger partial charge in [0.15, 0.2) is 0 Å². The van der Waals surface area contributed by atoms with Gasteiger partial charge in [0, 0.05) is 10.7 Å². The average Bonchev–Trinajstić information content (AvgIpc) is 2.14. The van der Waals surface area contributed by atoms with Crippen LogP contribution in [0, 0.1) is 11.3 Å². The van der Waals surface area contributed by atoms with E-state index in [-0.39, 0.29) is 12.2 Å². The molecule has 14 heavy (non-hydrogen) atoms. The van der Waals surface area contributed by atoms with E-state index >= 15 is 0 Å². The Bertz CT molecular complexity index is 462. The van der Waals surface area contributed by atoms with Crippen LogP contribution in [0.25, 0.3) is 0 Å². The molecule has 1 aromatic carbocycles. The lowest BCUT2D eigenvalue weighted by molar-refractivity contribution is 0.609. The van der Waals surface area contributed by atoms with Crippen molar-refractivity contribution in [2.45, 2.75) is 6.42 Å². The van der Waals surface area contributed by atoms with Gasteiger partial charge >= 0.3 is 0 Å². The first-order valence-corrected chi connectivity index (χ1v) is 6.41. The van der Waals surface area contributed by atoms with Crippen LogP contribution in [0.5, 0.6) is 0 Å². The quantitative estimate of drug-likeness (QED) is 0.741. The molecule has 0 saturated carbocycles. The zero-order valence-corrected chi connectivity index (χ0v) is 8.85. The molecule has 0 atom stereocenters. The largest absolute Gasteiger partial charge is 0.232 e. The van der Waals surface area contributed by atoms with Gasteiger partial charge in [-0.1, -0.05) is 18.2 Å². The summed E-state index contributed by atoms with van der Waals surface area (Å²) < 4.78 is 21.4. The van der Waals surface area contributed by atoms with E-state index in [0.717, 1.165) is 0 Å². The summed E-state index contributed by atoms with van der Waals surface area (Å²) in [6, 6.07) is 8.86. The van der Waals surface area contributed by atoms with Crippen LogP contribution >= 0.6 is 10.7 Å². The third kappa shape index (κ3) is 3.36. The van der Waals surface area contributed by atoms with Gasteiger partial charge in [0.05, 0.1) is 17.4 Å². The summed E-state index contributed by atoms with van der Waals surface area (Å²) in [5.74, 6) is -0.146. The van der Waals surface area contributed by atoms with Crippen LogP contribution < -0.4 is 0 Å². The highest BCUT2D eigenvalue weighted by atomic mass is 35.7. The highest BCUT2D eigenvalue weighted by Crippen LogP contribution is 2.10. The summed E-state index contributed by atoms with van der Waals surface area (Å²) in [4.78, 5) is 0. The van der Waals surface area contributed by atoms with Crippen LogP contribution in [0.15, 0.2) is 24.3 Å². The SMILES string of the molecule is N#Cc1ccccc1CCS(=O)(=O)Cl. The number of hydrogen-bond acceptors (Lipinski definition) is 3. The number of halogens is 1. The molecule has 0 saturated heterocycles. The lowest BCUT2D eigenvalue weighted by atomic mass is 10.1. The molecule has 0 fully saturated rings. The minimum absolute atomic E-state index is 0.146. The molecule has 0 spiro atoms. The summed E-state index contributed by atoms with van der Waals surface area (Å²) in [5.41, 5.74) is 1.20. The van der Waals surface area contributed by atoms with Gasteiger partial charge in [-0.15, -0.1) is 0 Å². The van der Waals surface area contributed by atoms with E-state index in [2.05, 4.69) is 0 Å². The van der Waals surface area contributed by atoms with Gasteiger partial charge in [-0.05, 0) is 18.1 Å². The predicted molar refractivity (Wildman–Crippen MR) is 54.5 cm³/mol. The molecule has 5 heteroatoms. The van der Waals surface area contributed by atoms with Crippen LogP contribution in [0.4, 0.5) is 0 Å². The summed E-state index contributed by atoms with van der Waals surface area (Å²) in [7, 11) is 1.58. The number of benzene rings is 1. The first-order valence-electron chi connectivity index (χ1n) is 3.93. The monoisotopic (exact) mass is 229 g/mol. The van der Waals surface area contributed by atoms with Crippen molar-refractivity contribution in [1.82, 2.24) is 0 Å². The lowest BCUT2D eigenvalue weighted by Crippen LogP contribution is -2.02. The van der Waals surface area contributed by atoms with Crippen molar-refractivity contribution >= 4 is 19.7 Å². The maximum absolute atomic E-state index is 10.7. The molecule has 0 aromatic heterocycles. The molecule has 1 aromatic rings. The number of aryl methyl sites for hydroxylation is 1. The Labute approximate surface area is 87.4 Å². The zero-order chi connectivity index (χ0) is 10.6. The zero-order valence-electron chi connectivity index (χ0n) is 7.27. The molecule has 3 nitrogen and oxygen atoms in total. The topological polar surface area (TPSA) is 57.9 Å². The van der Waals surface area contributed by atoms with E-state index in [9.17, 15) is 8.42 Å². The van der Waals surface area contributed by atoms with Gasteiger partial charge in [0.2, 0.25) is 9.05 Å². The highest BCUT2D eigenvalue weighted by Gasteiger charge is 2.07. The Morgan fingerprint density at radius 1 is 1.36 bits per heavy atom. The Morgan fingerprint density at radius 3 is 2.57 bits per heavy atom. The van der Waals surface area contributed by atoms with Crippen molar-refractivity contribution in [3.8, 4) is 6.07 Å². The summed E-state index contributed by atoms with van der Waals surface area (Å²) in [6.07, 6.45) is 0.273. The number of rotatable bonds is 3. The second-order valence-electron chi connectivity index (χ2n) is 2.76. The van der Waals surface area contributed by atoms with Crippen LogP contribution in [-0.2, 0) is 15.5 Å². The molecule has 0 aliphatic carbocycles. The predicted octanol–water partition coefficient (Wildman–Crippen LogP) is 1.67. The Hall–Kier alpha value is -1.05. The van der Waals surface area contributed by atoms with Crippen molar-refractivity contribution in [2.75, 3.05) is 5.75 Å². The number of hydrogen-bond donors (Lipinski definition) is 0. The Balaban J connectivity index is 2.83. The van der Waals surface area contributed by atoms with E-state index in [1.54, 1.807) is 24.3 Å². The fraction of sp³-hybridized carbons (Fsp3) is 0.222. The van der Waals surface area contributed by atoms with Crippen LogP contribution in [-0.4, -0.2) is 14.2 Å². The molecule has 1 rings (SSSR count). The average molecular weight is 230 g/mol. The molecule has 0 unspecified atom stereocenters. The maximum atomic E-state index is 10.7. The number of nitriles is 1. The smallest absolute Gasteiger partial charge is 0.212 e. The number of nitrogens with zero attached hydrogens (tertiary/aromatic N) is 1. The third-order valence-electron chi connectivity index (χ3n) is 1.75. The fourth-order valence-corrected chi connectivity index (χ4v) is 1.77. The first kappa shape index (κ1) is 11.0. The molecule has 0 amide bonds. The highest BCUT2D eigenvalue weighted by molar-refractivity contribution is 8.13. The van der Waals surface area contributed by atoms with Crippen molar-refractivity contribution < 1.29 is 8.42 Å². The van der Waals surface area contributed by atoms with Crippen molar-refractivity contribution in [1.29, 1.82) is 5.26 Å². The summed E-state index contributed by atoms with van der Waals surface area (Å²) in [5, 5.41) is 8.72. The molecule has 0 bridgehead atoms. The molecule has 0 aliphatic rings. The molecule has 0 heterocycles. The third-order valence-corrected chi connectivity index (χ3v) is 2.91. The van der Waals surface area contributed by atoms with E-state index in [1.165, 1.54) is 0 Å². The molecular formula is C9H8ClNO2S. The molecular weight excluding hydrogens is 222 g/mol.